The third-order valence-corrected chi connectivity index (χ3v) is 3.79. The molecule has 0 amide bonds. The topological polar surface area (TPSA) is 95.7 Å². The Labute approximate surface area is 122 Å². The molecule has 0 aliphatic heterocycles. The number of aromatic nitrogens is 5. The lowest BCUT2D eigenvalue weighted by atomic mass is 10.2. The van der Waals surface area contributed by atoms with E-state index in [1.807, 2.05) is 11.5 Å². The molecule has 0 radical (unpaired) electrons. The molecule has 110 valence electrons. The summed E-state index contributed by atoms with van der Waals surface area (Å²) in [5, 5.41) is 13.0. The lowest BCUT2D eigenvalue weighted by Gasteiger charge is -2.04. The van der Waals surface area contributed by atoms with Gasteiger partial charge in [-0.3, -0.25) is 0 Å². The number of aryl methyl sites for hydroxylation is 2. The summed E-state index contributed by atoms with van der Waals surface area (Å²) < 4.78 is 7.23. The lowest BCUT2D eigenvalue weighted by Crippen LogP contribution is -2.12. The molecule has 2 rings (SSSR count). The zero-order chi connectivity index (χ0) is 14.4. The number of nitrogens with zero attached hydrogens (tertiary/aromatic N) is 5. The van der Waals surface area contributed by atoms with Gasteiger partial charge in [-0.1, -0.05) is 30.3 Å². The van der Waals surface area contributed by atoms with E-state index in [0.717, 1.165) is 36.1 Å². The minimum absolute atomic E-state index is 0.564. The molecule has 0 saturated carbocycles. The molecule has 2 aromatic heterocycles. The molecule has 0 aliphatic rings. The number of thioether (sulfide) groups is 1. The minimum Gasteiger partial charge on any atom is -0.338 e. The second-order valence-electron chi connectivity index (χ2n) is 4.47. The summed E-state index contributed by atoms with van der Waals surface area (Å²) in [6.45, 7) is 5.34. The number of nitrogens with two attached hydrogens (primary N) is 1. The van der Waals surface area contributed by atoms with Crippen molar-refractivity contribution >= 4 is 11.8 Å². The van der Waals surface area contributed by atoms with Crippen molar-refractivity contribution in [2.75, 3.05) is 6.54 Å². The molecule has 0 unspecified atom stereocenters. The second kappa shape index (κ2) is 7.39. The minimum atomic E-state index is 0.564. The largest absolute Gasteiger partial charge is 0.338 e. The quantitative estimate of drug-likeness (QED) is 0.738. The van der Waals surface area contributed by atoms with Crippen molar-refractivity contribution in [2.45, 2.75) is 50.6 Å². The smallest absolute Gasteiger partial charge is 0.237 e. The van der Waals surface area contributed by atoms with Gasteiger partial charge in [0.15, 0.2) is 11.0 Å². The highest BCUT2D eigenvalue weighted by Gasteiger charge is 2.12. The van der Waals surface area contributed by atoms with Crippen LogP contribution in [0.1, 0.15) is 37.3 Å². The summed E-state index contributed by atoms with van der Waals surface area (Å²) in [5.41, 5.74) is 5.59. The van der Waals surface area contributed by atoms with Crippen molar-refractivity contribution in [1.29, 1.82) is 0 Å². The van der Waals surface area contributed by atoms with E-state index in [4.69, 9.17) is 10.3 Å². The first-order valence-electron chi connectivity index (χ1n) is 6.78. The predicted octanol–water partition coefficient (Wildman–Crippen LogP) is 1.56. The normalized spacial score (nSPS) is 11.2. The zero-order valence-electron chi connectivity index (χ0n) is 11.9. The Balaban J connectivity index is 1.93. The Morgan fingerprint density at radius 1 is 1.35 bits per heavy atom. The molecule has 0 spiro atoms. The Morgan fingerprint density at radius 3 is 2.95 bits per heavy atom. The standard InChI is InChI=1S/C12H20N6OS/c1-3-4-5-10-14-11(19-17-10)8-20-12-16-15-9(2)18(12)7-6-13/h3-8,13H2,1-2H3. The highest BCUT2D eigenvalue weighted by molar-refractivity contribution is 7.98. The van der Waals surface area contributed by atoms with Crippen LogP contribution in [0.5, 0.6) is 0 Å². The van der Waals surface area contributed by atoms with E-state index < -0.39 is 0 Å². The van der Waals surface area contributed by atoms with E-state index in [0.29, 0.717) is 24.7 Å². The molecule has 8 heteroatoms. The van der Waals surface area contributed by atoms with E-state index in [1.165, 1.54) is 11.8 Å². The Hall–Kier alpha value is -1.41. The highest BCUT2D eigenvalue weighted by atomic mass is 32.2. The molecule has 0 bridgehead atoms. The first-order chi connectivity index (χ1) is 9.74. The van der Waals surface area contributed by atoms with Gasteiger partial charge < -0.3 is 14.8 Å². The van der Waals surface area contributed by atoms with Crippen molar-refractivity contribution in [3.63, 3.8) is 0 Å². The molecule has 7 nitrogen and oxygen atoms in total. The van der Waals surface area contributed by atoms with E-state index in [9.17, 15) is 0 Å². The van der Waals surface area contributed by atoms with Crippen molar-refractivity contribution in [3.8, 4) is 0 Å². The monoisotopic (exact) mass is 296 g/mol. The summed E-state index contributed by atoms with van der Waals surface area (Å²) >= 11 is 1.54. The lowest BCUT2D eigenvalue weighted by molar-refractivity contribution is 0.384. The predicted molar refractivity (Wildman–Crippen MR) is 76.3 cm³/mol. The molecule has 0 saturated heterocycles. The van der Waals surface area contributed by atoms with Crippen LogP contribution in [0.25, 0.3) is 0 Å². The van der Waals surface area contributed by atoms with Gasteiger partial charge in [0.25, 0.3) is 0 Å². The molecular weight excluding hydrogens is 276 g/mol. The van der Waals surface area contributed by atoms with E-state index >= 15 is 0 Å². The maximum absolute atomic E-state index is 5.59. The fourth-order valence-electron chi connectivity index (χ4n) is 1.77. The molecule has 20 heavy (non-hydrogen) atoms. The first kappa shape index (κ1) is 15.0. The van der Waals surface area contributed by atoms with Crippen molar-refractivity contribution in [2.24, 2.45) is 5.73 Å². The van der Waals surface area contributed by atoms with Gasteiger partial charge in [-0.05, 0) is 13.3 Å². The molecule has 0 aromatic carbocycles. The van der Waals surface area contributed by atoms with Gasteiger partial charge in [-0.2, -0.15) is 4.98 Å². The van der Waals surface area contributed by atoms with Gasteiger partial charge in [-0.15, -0.1) is 10.2 Å². The number of rotatable bonds is 8. The Morgan fingerprint density at radius 2 is 2.20 bits per heavy atom. The van der Waals surface area contributed by atoms with Crippen LogP contribution in [0.4, 0.5) is 0 Å². The van der Waals surface area contributed by atoms with Crippen molar-refractivity contribution < 1.29 is 4.52 Å². The first-order valence-corrected chi connectivity index (χ1v) is 7.77. The van der Waals surface area contributed by atoms with Gasteiger partial charge in [0, 0.05) is 19.5 Å². The van der Waals surface area contributed by atoms with Gasteiger partial charge in [0.05, 0.1) is 5.75 Å². The Kier molecular flexibility index (Phi) is 5.54. The van der Waals surface area contributed by atoms with Crippen LogP contribution in [-0.4, -0.2) is 31.4 Å². The Bertz CT molecular complexity index is 538. The maximum Gasteiger partial charge on any atom is 0.237 e. The summed E-state index contributed by atoms with van der Waals surface area (Å²) in [5.74, 6) is 2.87. The molecular formula is C12H20N6OS. The van der Waals surface area contributed by atoms with Gasteiger partial charge >= 0.3 is 0 Å². The molecule has 0 fully saturated rings. The van der Waals surface area contributed by atoms with Crippen LogP contribution in [0.3, 0.4) is 0 Å². The van der Waals surface area contributed by atoms with E-state index in [-0.39, 0.29) is 0 Å². The van der Waals surface area contributed by atoms with Crippen LogP contribution in [-0.2, 0) is 18.7 Å². The van der Waals surface area contributed by atoms with Crippen LogP contribution >= 0.6 is 11.8 Å². The SMILES string of the molecule is CCCCc1noc(CSc2nnc(C)n2CCN)n1. The second-order valence-corrected chi connectivity index (χ2v) is 5.41. The fourth-order valence-corrected chi connectivity index (χ4v) is 2.61. The van der Waals surface area contributed by atoms with Gasteiger partial charge in [0.1, 0.15) is 5.82 Å². The number of hydrogen-bond donors (Lipinski definition) is 1. The fraction of sp³-hybridized carbons (Fsp3) is 0.667. The molecule has 2 N–H and O–H groups in total. The number of hydrogen-bond acceptors (Lipinski definition) is 7. The average molecular weight is 296 g/mol. The van der Waals surface area contributed by atoms with E-state index in [1.54, 1.807) is 0 Å². The third-order valence-electron chi connectivity index (χ3n) is 2.84. The van der Waals surface area contributed by atoms with Crippen LogP contribution < -0.4 is 5.73 Å². The van der Waals surface area contributed by atoms with Crippen LogP contribution in [0.2, 0.25) is 0 Å². The highest BCUT2D eigenvalue weighted by Crippen LogP contribution is 2.21. The van der Waals surface area contributed by atoms with Crippen LogP contribution in [0.15, 0.2) is 9.68 Å². The van der Waals surface area contributed by atoms with Gasteiger partial charge in [-0.25, -0.2) is 0 Å². The summed E-state index contributed by atoms with van der Waals surface area (Å²) in [7, 11) is 0. The zero-order valence-corrected chi connectivity index (χ0v) is 12.7. The van der Waals surface area contributed by atoms with Crippen molar-refractivity contribution in [3.05, 3.63) is 17.5 Å². The molecule has 0 atom stereocenters. The van der Waals surface area contributed by atoms with Crippen LogP contribution in [0, 0.1) is 6.92 Å². The summed E-state index contributed by atoms with van der Waals surface area (Å²) in [6.07, 6.45) is 3.07. The number of unbranched alkanes of at least 4 members (excludes halogenated alkanes) is 1. The molecule has 2 heterocycles. The average Bonchev–Trinajstić information content (AvgIpc) is 3.03. The van der Waals surface area contributed by atoms with E-state index in [2.05, 4.69) is 27.3 Å². The van der Waals surface area contributed by atoms with Crippen molar-refractivity contribution in [1.82, 2.24) is 24.9 Å². The molecule has 0 aliphatic carbocycles. The maximum atomic E-state index is 5.59. The summed E-state index contributed by atoms with van der Waals surface area (Å²) in [6, 6.07) is 0. The summed E-state index contributed by atoms with van der Waals surface area (Å²) in [4.78, 5) is 4.36. The molecule has 2 aromatic rings. The van der Waals surface area contributed by atoms with Gasteiger partial charge in [0.2, 0.25) is 5.89 Å². The third kappa shape index (κ3) is 3.80.